The predicted octanol–water partition coefficient (Wildman–Crippen LogP) is 5.05. The second-order valence-corrected chi connectivity index (χ2v) is 12.9. The lowest BCUT2D eigenvalue weighted by Gasteiger charge is -2.32. The minimum Gasteiger partial charge on any atom is -0.264 e. The van der Waals surface area contributed by atoms with E-state index in [1.807, 2.05) is 12.4 Å². The highest BCUT2D eigenvalue weighted by Crippen LogP contribution is 2.39. The molecule has 6 aromatic rings. The molecule has 0 saturated heterocycles. The lowest BCUT2D eigenvalue weighted by molar-refractivity contribution is 1.37. The summed E-state index contributed by atoms with van der Waals surface area (Å²) in [6.45, 7) is 2.18. The largest absolute Gasteiger partial charge is 0.264 e. The molecule has 1 aromatic heterocycles. The molecule has 1 aliphatic heterocycles. The Morgan fingerprint density at radius 3 is 2.00 bits per heavy atom. The Morgan fingerprint density at radius 2 is 1.26 bits per heavy atom. The van der Waals surface area contributed by atoms with Gasteiger partial charge in [0.05, 0.1) is 0 Å². The molecule has 1 nitrogen and oxygen atoms in total. The molecule has 0 radical (unpaired) electrons. The third-order valence-electron chi connectivity index (χ3n) is 7.46. The van der Waals surface area contributed by atoms with E-state index in [9.17, 15) is 0 Å². The summed E-state index contributed by atoms with van der Waals surface area (Å²) in [5.74, 6) is 0. The molecule has 160 valence electrons. The number of pyridine rings is 1. The molecule has 0 atom stereocenters. The van der Waals surface area contributed by atoms with Gasteiger partial charge in [0.1, 0.15) is 0 Å². The monoisotopic (exact) mass is 449 g/mol. The van der Waals surface area contributed by atoms with Crippen LogP contribution in [0.5, 0.6) is 0 Å². The van der Waals surface area contributed by atoms with E-state index < -0.39 is 8.07 Å². The predicted molar refractivity (Wildman–Crippen MR) is 147 cm³/mol. The third kappa shape index (κ3) is 2.46. The second kappa shape index (κ2) is 7.24. The fourth-order valence-corrected chi connectivity index (χ4v) is 11.6. The number of aromatic nitrogens is 1. The van der Waals surface area contributed by atoms with Gasteiger partial charge in [-0.3, -0.25) is 4.98 Å². The molecule has 0 bridgehead atoms. The van der Waals surface area contributed by atoms with Crippen LogP contribution in [-0.4, -0.2) is 13.1 Å². The van der Waals surface area contributed by atoms with Gasteiger partial charge in [-0.1, -0.05) is 109 Å². The summed E-state index contributed by atoms with van der Waals surface area (Å²) in [4.78, 5) is 4.54. The van der Waals surface area contributed by atoms with Crippen molar-refractivity contribution in [3.8, 4) is 11.1 Å². The zero-order chi connectivity index (χ0) is 22.7. The Bertz CT molecular complexity index is 1670. The highest BCUT2D eigenvalue weighted by atomic mass is 28.3. The minimum atomic E-state index is -2.55. The van der Waals surface area contributed by atoms with Crippen LogP contribution in [0.3, 0.4) is 0 Å². The van der Waals surface area contributed by atoms with E-state index >= 15 is 0 Å². The summed E-state index contributed by atoms with van der Waals surface area (Å²) in [5, 5.41) is 11.1. The van der Waals surface area contributed by atoms with Crippen molar-refractivity contribution in [3.63, 3.8) is 0 Å². The number of rotatable bonds is 2. The molecule has 0 saturated carbocycles. The molecule has 0 amide bonds. The molecule has 0 aliphatic carbocycles. The van der Waals surface area contributed by atoms with Gasteiger partial charge >= 0.3 is 0 Å². The van der Waals surface area contributed by atoms with Crippen LogP contribution in [0.2, 0.25) is 0 Å². The van der Waals surface area contributed by atoms with Crippen LogP contribution in [0.25, 0.3) is 32.7 Å². The average Bonchev–Trinajstić information content (AvgIpc) is 3.22. The normalized spacial score (nSPS) is 13.7. The summed E-state index contributed by atoms with van der Waals surface area (Å²) in [5.41, 5.74) is 4.04. The maximum atomic E-state index is 4.54. The van der Waals surface area contributed by atoms with E-state index in [0.29, 0.717) is 0 Å². The number of hydrogen-bond acceptors (Lipinski definition) is 1. The van der Waals surface area contributed by atoms with E-state index in [1.165, 1.54) is 59.0 Å². The molecule has 2 heteroatoms. The molecular formula is C32H23NSi. The van der Waals surface area contributed by atoms with Gasteiger partial charge in [-0.05, 0) is 61.0 Å². The first kappa shape index (κ1) is 19.5. The first-order chi connectivity index (χ1) is 16.8. The first-order valence-electron chi connectivity index (χ1n) is 11.8. The van der Waals surface area contributed by atoms with Crippen molar-refractivity contribution in [2.75, 3.05) is 0 Å². The molecule has 1 aliphatic rings. The van der Waals surface area contributed by atoms with E-state index in [4.69, 9.17) is 0 Å². The second-order valence-electron chi connectivity index (χ2n) is 9.25. The van der Waals surface area contributed by atoms with Gasteiger partial charge in [-0.25, -0.2) is 0 Å². The summed E-state index contributed by atoms with van der Waals surface area (Å²) < 4.78 is 0. The van der Waals surface area contributed by atoms with E-state index in [1.54, 1.807) is 0 Å². The molecule has 0 spiro atoms. The Labute approximate surface area is 200 Å². The maximum absolute atomic E-state index is 4.54. The molecule has 0 fully saturated rings. The molecule has 0 N–H and O–H groups in total. The molecule has 2 heterocycles. The van der Waals surface area contributed by atoms with Crippen molar-refractivity contribution < 1.29 is 0 Å². The van der Waals surface area contributed by atoms with Crippen LogP contribution in [-0.2, 0) is 0 Å². The van der Waals surface area contributed by atoms with Crippen molar-refractivity contribution in [2.24, 2.45) is 0 Å². The van der Waals surface area contributed by atoms with Crippen LogP contribution in [0.4, 0.5) is 0 Å². The molecule has 0 unspecified atom stereocenters. The molecule has 34 heavy (non-hydrogen) atoms. The average molecular weight is 450 g/mol. The van der Waals surface area contributed by atoms with Gasteiger partial charge in [0.2, 0.25) is 0 Å². The van der Waals surface area contributed by atoms with Crippen LogP contribution in [0.1, 0.15) is 5.56 Å². The summed E-state index contributed by atoms with van der Waals surface area (Å²) >= 11 is 0. The van der Waals surface area contributed by atoms with E-state index in [0.717, 1.165) is 0 Å². The quantitative estimate of drug-likeness (QED) is 0.266. The molecule has 7 rings (SSSR count). The fourth-order valence-electron chi connectivity index (χ4n) is 6.17. The maximum Gasteiger partial charge on any atom is 0.181 e. The highest BCUT2D eigenvalue weighted by Gasteiger charge is 2.50. The molecular weight excluding hydrogens is 426 g/mol. The molecule has 5 aromatic carbocycles. The Balaban J connectivity index is 1.81. The zero-order valence-electron chi connectivity index (χ0n) is 19.0. The van der Waals surface area contributed by atoms with Crippen molar-refractivity contribution in [1.29, 1.82) is 0 Å². The Hall–Kier alpha value is -4.01. The van der Waals surface area contributed by atoms with Gasteiger partial charge in [-0.15, -0.1) is 0 Å². The summed E-state index contributed by atoms with van der Waals surface area (Å²) in [6, 6.07) is 40.8. The number of fused-ring (bicyclic) bond motifs is 8. The SMILES string of the molecule is Cc1ccc2c3c(c4ccncc4c2c1)-c1ccccc1[Si]3(c1ccccc1)c1ccccc1. The van der Waals surface area contributed by atoms with Gasteiger partial charge in [0.25, 0.3) is 0 Å². The van der Waals surface area contributed by atoms with Crippen molar-refractivity contribution in [3.05, 3.63) is 127 Å². The minimum absolute atomic E-state index is 1.24. The van der Waals surface area contributed by atoms with Crippen LogP contribution >= 0.6 is 0 Å². The highest BCUT2D eigenvalue weighted by molar-refractivity contribution is 7.23. The third-order valence-corrected chi connectivity index (χ3v) is 12.4. The van der Waals surface area contributed by atoms with Gasteiger partial charge in [0.15, 0.2) is 8.07 Å². The number of hydrogen-bond donors (Lipinski definition) is 0. The Kier molecular flexibility index (Phi) is 4.14. The fraction of sp³-hybridized carbons (Fsp3) is 0.0312. The summed E-state index contributed by atoms with van der Waals surface area (Å²) in [6.07, 6.45) is 3.99. The lowest BCUT2D eigenvalue weighted by Crippen LogP contribution is -2.73. The van der Waals surface area contributed by atoms with E-state index in [2.05, 4.69) is 121 Å². The van der Waals surface area contributed by atoms with Gasteiger partial charge < -0.3 is 0 Å². The number of nitrogens with zero attached hydrogens (tertiary/aromatic N) is 1. The van der Waals surface area contributed by atoms with Crippen LogP contribution in [0.15, 0.2) is 122 Å². The van der Waals surface area contributed by atoms with Crippen molar-refractivity contribution >= 4 is 50.4 Å². The lowest BCUT2D eigenvalue weighted by atomic mass is 9.94. The van der Waals surface area contributed by atoms with Crippen LogP contribution < -0.4 is 20.7 Å². The Morgan fingerprint density at radius 1 is 0.588 bits per heavy atom. The number of aryl methyl sites for hydroxylation is 1. The smallest absolute Gasteiger partial charge is 0.181 e. The topological polar surface area (TPSA) is 12.9 Å². The van der Waals surface area contributed by atoms with Crippen molar-refractivity contribution in [2.45, 2.75) is 6.92 Å². The van der Waals surface area contributed by atoms with Crippen LogP contribution in [0, 0.1) is 6.92 Å². The standard InChI is InChI=1S/C32H23NSi/c1-22-16-17-26-28(20-22)29-21-33-19-18-25(29)31-27-14-8-9-15-30(27)34(32(26)31,23-10-4-2-5-11-23)24-12-6-3-7-13-24/h2-21H,1H3. The first-order valence-corrected chi connectivity index (χ1v) is 13.8. The summed E-state index contributed by atoms with van der Waals surface area (Å²) in [7, 11) is -2.55. The number of benzene rings is 5. The zero-order valence-corrected chi connectivity index (χ0v) is 20.0. The van der Waals surface area contributed by atoms with Crippen molar-refractivity contribution in [1.82, 2.24) is 4.98 Å². The van der Waals surface area contributed by atoms with Gasteiger partial charge in [-0.2, -0.15) is 0 Å². The van der Waals surface area contributed by atoms with E-state index in [-0.39, 0.29) is 0 Å². The van der Waals surface area contributed by atoms with Gasteiger partial charge in [0, 0.05) is 17.8 Å².